The van der Waals surface area contributed by atoms with Crippen molar-refractivity contribution in [2.75, 3.05) is 26.0 Å². The van der Waals surface area contributed by atoms with Crippen LogP contribution in [0.25, 0.3) is 0 Å². The molecule has 116 valence electrons. The standard InChI is InChI=1S/C14H20N2O4S/c1-15(2)21(19,20)11-7-8-13(12(9-11)14(17)18)16(3)10-5-4-6-10/h7-10H,4-6H2,1-3H3,(H,17,18). The number of hydrogen-bond acceptors (Lipinski definition) is 4. The fraction of sp³-hybridized carbons (Fsp3) is 0.500. The Kier molecular flexibility index (Phi) is 4.25. The number of carboxylic acid groups (broad SMARTS) is 1. The third kappa shape index (κ3) is 2.89. The monoisotopic (exact) mass is 312 g/mol. The summed E-state index contributed by atoms with van der Waals surface area (Å²) in [7, 11) is 1.06. The van der Waals surface area contributed by atoms with Gasteiger partial charge < -0.3 is 10.0 Å². The van der Waals surface area contributed by atoms with Crippen molar-refractivity contribution in [3.63, 3.8) is 0 Å². The Morgan fingerprint density at radius 2 is 1.86 bits per heavy atom. The molecule has 0 bridgehead atoms. The lowest BCUT2D eigenvalue weighted by atomic mass is 9.91. The summed E-state index contributed by atoms with van der Waals surface area (Å²) in [6, 6.07) is 4.62. The quantitative estimate of drug-likeness (QED) is 0.894. The molecule has 1 aliphatic rings. The van der Waals surface area contributed by atoms with Gasteiger partial charge in [-0.2, -0.15) is 0 Å². The zero-order valence-corrected chi connectivity index (χ0v) is 13.2. The van der Waals surface area contributed by atoms with Gasteiger partial charge in [-0.15, -0.1) is 0 Å². The second-order valence-corrected chi connectivity index (χ2v) is 7.62. The van der Waals surface area contributed by atoms with Crippen LogP contribution in [-0.4, -0.2) is 51.0 Å². The minimum absolute atomic E-state index is 0.00402. The van der Waals surface area contributed by atoms with Gasteiger partial charge in [0.2, 0.25) is 10.0 Å². The number of benzene rings is 1. The Balaban J connectivity index is 2.47. The lowest BCUT2D eigenvalue weighted by Gasteiger charge is -2.37. The highest BCUT2D eigenvalue weighted by molar-refractivity contribution is 7.89. The molecule has 0 spiro atoms. The highest BCUT2D eigenvalue weighted by Crippen LogP contribution is 2.31. The predicted octanol–water partition coefficient (Wildman–Crippen LogP) is 1.62. The lowest BCUT2D eigenvalue weighted by Crippen LogP contribution is -2.38. The third-order valence-corrected chi connectivity index (χ3v) is 5.79. The first-order chi connectivity index (χ1) is 9.75. The van der Waals surface area contributed by atoms with Crippen LogP contribution in [0.15, 0.2) is 23.1 Å². The number of nitrogens with zero attached hydrogens (tertiary/aromatic N) is 2. The van der Waals surface area contributed by atoms with E-state index >= 15 is 0 Å². The van der Waals surface area contributed by atoms with Gasteiger partial charge in [0, 0.05) is 27.2 Å². The van der Waals surface area contributed by atoms with Gasteiger partial charge in [-0.1, -0.05) is 0 Å². The summed E-state index contributed by atoms with van der Waals surface area (Å²) in [4.78, 5) is 13.4. The van der Waals surface area contributed by atoms with E-state index < -0.39 is 16.0 Å². The molecule has 0 aromatic heterocycles. The SMILES string of the molecule is CN(c1ccc(S(=O)(=O)N(C)C)cc1C(=O)O)C1CCC1. The maximum Gasteiger partial charge on any atom is 0.337 e. The van der Waals surface area contributed by atoms with Gasteiger partial charge in [0.25, 0.3) is 0 Å². The highest BCUT2D eigenvalue weighted by Gasteiger charge is 2.27. The molecule has 0 amide bonds. The molecule has 6 nitrogen and oxygen atoms in total. The fourth-order valence-corrected chi connectivity index (χ4v) is 3.26. The van der Waals surface area contributed by atoms with Gasteiger partial charge in [-0.05, 0) is 37.5 Å². The van der Waals surface area contributed by atoms with E-state index in [1.807, 2.05) is 11.9 Å². The van der Waals surface area contributed by atoms with E-state index in [1.165, 1.54) is 26.2 Å². The topological polar surface area (TPSA) is 77.9 Å². The number of rotatable bonds is 5. The maximum atomic E-state index is 12.1. The van der Waals surface area contributed by atoms with Crippen molar-refractivity contribution in [3.8, 4) is 0 Å². The fourth-order valence-electron chi connectivity index (χ4n) is 2.34. The highest BCUT2D eigenvalue weighted by atomic mass is 32.2. The first-order valence-electron chi connectivity index (χ1n) is 6.78. The normalized spacial score (nSPS) is 15.8. The maximum absolute atomic E-state index is 12.1. The number of carbonyl (C=O) groups is 1. The summed E-state index contributed by atoms with van der Waals surface area (Å²) in [5.74, 6) is -1.12. The van der Waals surface area contributed by atoms with E-state index in [4.69, 9.17) is 0 Å². The van der Waals surface area contributed by atoms with E-state index in [-0.39, 0.29) is 10.5 Å². The molecule has 1 fully saturated rings. The molecule has 0 heterocycles. The second kappa shape index (κ2) is 5.65. The smallest absolute Gasteiger partial charge is 0.337 e. The van der Waals surface area contributed by atoms with Gasteiger partial charge >= 0.3 is 5.97 Å². The summed E-state index contributed by atoms with van der Waals surface area (Å²) >= 11 is 0. The molecule has 1 aliphatic carbocycles. The molecule has 0 aliphatic heterocycles. The number of carboxylic acids is 1. The molecule has 2 rings (SSSR count). The number of sulfonamides is 1. The molecule has 0 atom stereocenters. The van der Waals surface area contributed by atoms with Crippen molar-refractivity contribution in [2.45, 2.75) is 30.2 Å². The molecule has 0 radical (unpaired) electrons. The van der Waals surface area contributed by atoms with Gasteiger partial charge in [0.05, 0.1) is 16.1 Å². The van der Waals surface area contributed by atoms with Crippen LogP contribution in [-0.2, 0) is 10.0 Å². The third-order valence-electron chi connectivity index (χ3n) is 3.98. The predicted molar refractivity (Wildman–Crippen MR) is 80.3 cm³/mol. The summed E-state index contributed by atoms with van der Waals surface area (Å²) in [5, 5.41) is 9.38. The van der Waals surface area contributed by atoms with Gasteiger partial charge in [0.15, 0.2) is 0 Å². The van der Waals surface area contributed by atoms with Crippen LogP contribution in [0.1, 0.15) is 29.6 Å². The molecule has 0 unspecified atom stereocenters. The van der Waals surface area contributed by atoms with Crippen molar-refractivity contribution in [1.29, 1.82) is 0 Å². The summed E-state index contributed by atoms with van der Waals surface area (Å²) in [6.45, 7) is 0. The van der Waals surface area contributed by atoms with Gasteiger partial charge in [0.1, 0.15) is 0 Å². The summed E-state index contributed by atoms with van der Waals surface area (Å²) < 4.78 is 25.3. The van der Waals surface area contributed by atoms with Gasteiger partial charge in [-0.3, -0.25) is 0 Å². The van der Waals surface area contributed by atoms with Crippen molar-refractivity contribution in [1.82, 2.24) is 4.31 Å². The van der Waals surface area contributed by atoms with Crippen molar-refractivity contribution >= 4 is 21.7 Å². The second-order valence-electron chi connectivity index (χ2n) is 5.47. The lowest BCUT2D eigenvalue weighted by molar-refractivity contribution is 0.0697. The van der Waals surface area contributed by atoms with Crippen molar-refractivity contribution in [2.24, 2.45) is 0 Å². The van der Waals surface area contributed by atoms with Gasteiger partial charge in [-0.25, -0.2) is 17.5 Å². The Morgan fingerprint density at radius 3 is 2.29 bits per heavy atom. The van der Waals surface area contributed by atoms with Crippen molar-refractivity contribution < 1.29 is 18.3 Å². The Hall–Kier alpha value is -1.60. The van der Waals surface area contributed by atoms with E-state index in [0.29, 0.717) is 11.7 Å². The summed E-state index contributed by atoms with van der Waals surface area (Å²) in [6.07, 6.45) is 3.21. The largest absolute Gasteiger partial charge is 0.478 e. The molecular formula is C14H20N2O4S. The molecule has 1 N–H and O–H groups in total. The zero-order chi connectivity index (χ0) is 15.8. The van der Waals surface area contributed by atoms with Crippen LogP contribution in [0.5, 0.6) is 0 Å². The van der Waals surface area contributed by atoms with E-state index in [1.54, 1.807) is 6.07 Å². The number of aromatic carboxylic acids is 1. The van der Waals surface area contributed by atoms with Crippen LogP contribution < -0.4 is 4.90 Å². The van der Waals surface area contributed by atoms with Crippen molar-refractivity contribution in [3.05, 3.63) is 23.8 Å². The van der Waals surface area contributed by atoms with E-state index in [2.05, 4.69) is 0 Å². The Labute approximate surface area is 125 Å². The molecule has 0 saturated heterocycles. The minimum Gasteiger partial charge on any atom is -0.478 e. The Bertz CT molecular complexity index is 651. The van der Waals surface area contributed by atoms with Crippen LogP contribution in [0.2, 0.25) is 0 Å². The average Bonchev–Trinajstić information content (AvgIpc) is 2.35. The van der Waals surface area contributed by atoms with E-state index in [9.17, 15) is 18.3 Å². The van der Waals surface area contributed by atoms with Crippen LogP contribution in [0.4, 0.5) is 5.69 Å². The minimum atomic E-state index is -3.64. The molecule has 1 aromatic rings. The number of anilines is 1. The van der Waals surface area contributed by atoms with Crippen LogP contribution >= 0.6 is 0 Å². The zero-order valence-electron chi connectivity index (χ0n) is 12.4. The number of hydrogen-bond donors (Lipinski definition) is 1. The molecule has 7 heteroatoms. The van der Waals surface area contributed by atoms with Crippen LogP contribution in [0.3, 0.4) is 0 Å². The molecule has 1 aromatic carbocycles. The average molecular weight is 312 g/mol. The summed E-state index contributed by atoms with van der Waals surface area (Å²) in [5.41, 5.74) is 0.581. The first-order valence-corrected chi connectivity index (χ1v) is 8.22. The van der Waals surface area contributed by atoms with Crippen LogP contribution in [0, 0.1) is 0 Å². The van der Waals surface area contributed by atoms with E-state index in [0.717, 1.165) is 23.6 Å². The first kappa shape index (κ1) is 15.8. The Morgan fingerprint density at radius 1 is 1.24 bits per heavy atom. The molecular weight excluding hydrogens is 292 g/mol. The molecule has 21 heavy (non-hydrogen) atoms. The molecule has 1 saturated carbocycles.